The molecule has 0 aliphatic rings. The average molecular weight is 392 g/mol. The van der Waals surface area contributed by atoms with Gasteiger partial charge in [-0.3, -0.25) is 0 Å². The van der Waals surface area contributed by atoms with Gasteiger partial charge in [0.25, 0.3) is 5.22 Å². The second kappa shape index (κ2) is 7.64. The SMILES string of the molecule is Cc1cc2oc(=O)cc(CSc3nnc(-c4ccccc4)o3)c2cc1C(C)C. The van der Waals surface area contributed by atoms with Gasteiger partial charge in [-0.15, -0.1) is 10.2 Å². The maximum Gasteiger partial charge on any atom is 0.336 e. The summed E-state index contributed by atoms with van der Waals surface area (Å²) in [6.07, 6.45) is 0. The summed E-state index contributed by atoms with van der Waals surface area (Å²) in [5, 5.41) is 9.64. The quantitative estimate of drug-likeness (QED) is 0.327. The molecule has 0 saturated heterocycles. The normalized spacial score (nSPS) is 11.4. The van der Waals surface area contributed by atoms with E-state index in [1.807, 2.05) is 43.3 Å². The van der Waals surface area contributed by atoms with Crippen molar-refractivity contribution in [3.63, 3.8) is 0 Å². The van der Waals surface area contributed by atoms with Gasteiger partial charge >= 0.3 is 5.63 Å². The molecule has 28 heavy (non-hydrogen) atoms. The molecule has 0 atom stereocenters. The van der Waals surface area contributed by atoms with Crippen molar-refractivity contribution in [1.29, 1.82) is 0 Å². The molecule has 0 aliphatic carbocycles. The number of fused-ring (bicyclic) bond motifs is 1. The number of hydrogen-bond donors (Lipinski definition) is 0. The van der Waals surface area contributed by atoms with E-state index in [1.165, 1.54) is 17.3 Å². The Morgan fingerprint density at radius 2 is 1.82 bits per heavy atom. The molecule has 0 bridgehead atoms. The summed E-state index contributed by atoms with van der Waals surface area (Å²) >= 11 is 1.41. The van der Waals surface area contributed by atoms with E-state index >= 15 is 0 Å². The van der Waals surface area contributed by atoms with Gasteiger partial charge in [0.05, 0.1) is 0 Å². The van der Waals surface area contributed by atoms with Gasteiger partial charge < -0.3 is 8.83 Å². The molecule has 6 heteroatoms. The van der Waals surface area contributed by atoms with Crippen molar-refractivity contribution >= 4 is 22.7 Å². The van der Waals surface area contributed by atoms with Crippen LogP contribution in [0.25, 0.3) is 22.4 Å². The number of thioether (sulfide) groups is 1. The maximum absolute atomic E-state index is 12.0. The van der Waals surface area contributed by atoms with E-state index in [2.05, 4.69) is 30.1 Å². The van der Waals surface area contributed by atoms with Crippen molar-refractivity contribution in [3.8, 4) is 11.5 Å². The zero-order valence-corrected chi connectivity index (χ0v) is 16.7. The van der Waals surface area contributed by atoms with E-state index in [4.69, 9.17) is 8.83 Å². The Morgan fingerprint density at radius 3 is 2.57 bits per heavy atom. The minimum absolute atomic E-state index is 0.352. The second-order valence-corrected chi connectivity index (χ2v) is 7.90. The van der Waals surface area contributed by atoms with E-state index in [0.717, 1.165) is 22.1 Å². The second-order valence-electron chi connectivity index (χ2n) is 6.98. The summed E-state index contributed by atoms with van der Waals surface area (Å²) in [5.41, 5.74) is 4.41. The molecule has 0 unspecified atom stereocenters. The largest absolute Gasteiger partial charge is 0.423 e. The van der Waals surface area contributed by atoms with Crippen LogP contribution in [-0.4, -0.2) is 10.2 Å². The van der Waals surface area contributed by atoms with Crippen molar-refractivity contribution in [3.05, 3.63) is 75.6 Å². The Morgan fingerprint density at radius 1 is 1.04 bits per heavy atom. The number of aromatic nitrogens is 2. The van der Waals surface area contributed by atoms with E-state index in [1.54, 1.807) is 6.07 Å². The maximum atomic E-state index is 12.0. The van der Waals surface area contributed by atoms with Crippen LogP contribution < -0.4 is 5.63 Å². The number of aryl methyl sites for hydroxylation is 1. The molecule has 4 aromatic rings. The molecule has 2 aromatic carbocycles. The topological polar surface area (TPSA) is 69.1 Å². The predicted molar refractivity (Wildman–Crippen MR) is 111 cm³/mol. The van der Waals surface area contributed by atoms with Gasteiger partial charge in [0, 0.05) is 22.8 Å². The highest BCUT2D eigenvalue weighted by Crippen LogP contribution is 2.31. The third-order valence-corrected chi connectivity index (χ3v) is 5.48. The van der Waals surface area contributed by atoms with Gasteiger partial charge in [-0.05, 0) is 53.8 Å². The van der Waals surface area contributed by atoms with Crippen LogP contribution in [0.3, 0.4) is 0 Å². The molecule has 0 amide bonds. The smallest absolute Gasteiger partial charge is 0.336 e. The van der Waals surface area contributed by atoms with Gasteiger partial charge in [-0.25, -0.2) is 4.79 Å². The molecule has 0 radical (unpaired) electrons. The zero-order chi connectivity index (χ0) is 19.7. The highest BCUT2D eigenvalue weighted by molar-refractivity contribution is 7.98. The summed E-state index contributed by atoms with van der Waals surface area (Å²) in [5.74, 6) is 1.42. The van der Waals surface area contributed by atoms with Crippen LogP contribution in [-0.2, 0) is 5.75 Å². The van der Waals surface area contributed by atoms with Crippen LogP contribution in [0.1, 0.15) is 36.5 Å². The molecule has 0 saturated carbocycles. The number of benzene rings is 2. The van der Waals surface area contributed by atoms with Crippen LogP contribution >= 0.6 is 11.8 Å². The number of hydrogen-bond acceptors (Lipinski definition) is 6. The van der Waals surface area contributed by atoms with E-state index in [9.17, 15) is 4.79 Å². The Bertz CT molecular complexity index is 1180. The first kappa shape index (κ1) is 18.5. The standard InChI is InChI=1S/C22H20N2O3S/c1-13(2)17-11-18-16(10-20(25)26-19(18)9-14(17)3)12-28-22-24-23-21(27-22)15-7-5-4-6-8-15/h4-11,13H,12H2,1-3H3. The fourth-order valence-electron chi connectivity index (χ4n) is 3.24. The molecule has 0 fully saturated rings. The predicted octanol–water partition coefficient (Wildman–Crippen LogP) is 5.57. The lowest BCUT2D eigenvalue weighted by Crippen LogP contribution is -2.02. The number of nitrogens with zero attached hydrogens (tertiary/aromatic N) is 2. The van der Waals surface area contributed by atoms with Crippen LogP contribution in [0.5, 0.6) is 0 Å². The van der Waals surface area contributed by atoms with Gasteiger partial charge in [0.15, 0.2) is 0 Å². The van der Waals surface area contributed by atoms with E-state index < -0.39 is 0 Å². The Balaban J connectivity index is 1.64. The van der Waals surface area contributed by atoms with Crippen molar-refractivity contribution in [2.75, 3.05) is 0 Å². The molecular weight excluding hydrogens is 372 g/mol. The highest BCUT2D eigenvalue weighted by Gasteiger charge is 2.14. The Kier molecular flexibility index (Phi) is 5.05. The molecule has 2 aromatic heterocycles. The first-order chi connectivity index (χ1) is 13.5. The minimum atomic E-state index is -0.352. The third kappa shape index (κ3) is 3.73. The summed E-state index contributed by atoms with van der Waals surface area (Å²) in [6.45, 7) is 6.36. The molecule has 4 rings (SSSR count). The van der Waals surface area contributed by atoms with E-state index in [-0.39, 0.29) is 5.63 Å². The van der Waals surface area contributed by atoms with Gasteiger partial charge in [0.1, 0.15) is 5.58 Å². The summed E-state index contributed by atoms with van der Waals surface area (Å²) < 4.78 is 11.2. The fourth-order valence-corrected chi connectivity index (χ4v) is 3.99. The van der Waals surface area contributed by atoms with Crippen molar-refractivity contribution in [2.45, 2.75) is 37.7 Å². The van der Waals surface area contributed by atoms with Gasteiger partial charge in [-0.1, -0.05) is 43.8 Å². The summed E-state index contributed by atoms with van der Waals surface area (Å²) in [7, 11) is 0. The first-order valence-electron chi connectivity index (χ1n) is 9.10. The zero-order valence-electron chi connectivity index (χ0n) is 15.9. The molecule has 2 heterocycles. The van der Waals surface area contributed by atoms with Crippen LogP contribution in [0.2, 0.25) is 0 Å². The van der Waals surface area contributed by atoms with Gasteiger partial charge in [-0.2, -0.15) is 0 Å². The van der Waals surface area contributed by atoms with Gasteiger partial charge in [0.2, 0.25) is 5.89 Å². The first-order valence-corrected chi connectivity index (χ1v) is 10.1. The van der Waals surface area contributed by atoms with Crippen LogP contribution in [0, 0.1) is 6.92 Å². The van der Waals surface area contributed by atoms with Crippen molar-refractivity contribution in [1.82, 2.24) is 10.2 Å². The molecule has 0 N–H and O–H groups in total. The monoisotopic (exact) mass is 392 g/mol. The minimum Gasteiger partial charge on any atom is -0.423 e. The van der Waals surface area contributed by atoms with E-state index in [0.29, 0.717) is 28.4 Å². The molecule has 0 aliphatic heterocycles. The molecule has 0 spiro atoms. The molecular formula is C22H20N2O3S. The van der Waals surface area contributed by atoms with Crippen LogP contribution in [0.4, 0.5) is 0 Å². The highest BCUT2D eigenvalue weighted by atomic mass is 32.2. The lowest BCUT2D eigenvalue weighted by atomic mass is 9.95. The molecule has 142 valence electrons. The van der Waals surface area contributed by atoms with Crippen molar-refractivity contribution in [2.24, 2.45) is 0 Å². The molecule has 5 nitrogen and oxygen atoms in total. The van der Waals surface area contributed by atoms with Crippen molar-refractivity contribution < 1.29 is 8.83 Å². The summed E-state index contributed by atoms with van der Waals surface area (Å²) in [6, 6.07) is 15.3. The Labute approximate surface area is 166 Å². The average Bonchev–Trinajstić information content (AvgIpc) is 3.15. The lowest BCUT2D eigenvalue weighted by molar-refractivity contribution is 0.466. The van der Waals surface area contributed by atoms with Crippen LogP contribution in [0.15, 0.2) is 67.4 Å². The number of rotatable bonds is 5. The Hall–Kier alpha value is -2.86. The lowest BCUT2D eigenvalue weighted by Gasteiger charge is -2.12. The summed E-state index contributed by atoms with van der Waals surface area (Å²) in [4.78, 5) is 12.0. The third-order valence-electron chi connectivity index (χ3n) is 4.62. The fraction of sp³-hybridized carbons (Fsp3) is 0.227.